The zero-order chi connectivity index (χ0) is 19.5. The van der Waals surface area contributed by atoms with Gasteiger partial charge in [-0.15, -0.1) is 24.0 Å². The van der Waals surface area contributed by atoms with Gasteiger partial charge in [0, 0.05) is 13.6 Å². The van der Waals surface area contributed by atoms with Crippen molar-refractivity contribution in [3.63, 3.8) is 0 Å². The first-order chi connectivity index (χ1) is 13.2. The number of halogens is 1. The molecule has 2 aromatic carbocycles. The predicted molar refractivity (Wildman–Crippen MR) is 124 cm³/mol. The van der Waals surface area contributed by atoms with Crippen LogP contribution in [0.1, 0.15) is 18.1 Å². The smallest absolute Gasteiger partial charge is 0.194 e. The number of rotatable bonds is 9. The fraction of sp³-hybridized carbons (Fsp3) is 0.381. The highest BCUT2D eigenvalue weighted by Crippen LogP contribution is 2.16. The summed E-state index contributed by atoms with van der Waals surface area (Å²) in [6, 6.07) is 15.3. The lowest BCUT2D eigenvalue weighted by molar-refractivity contribution is 0.280. The summed E-state index contributed by atoms with van der Waals surface area (Å²) in [5.74, 6) is 2.43. The Morgan fingerprint density at radius 1 is 1.07 bits per heavy atom. The number of nitrogens with zero attached hydrogens (tertiary/aromatic N) is 2. The van der Waals surface area contributed by atoms with Crippen LogP contribution in [0.2, 0.25) is 0 Å². The maximum atomic E-state index is 9.45. The van der Waals surface area contributed by atoms with Crippen LogP contribution in [0.4, 0.5) is 0 Å². The van der Waals surface area contributed by atoms with Gasteiger partial charge in [0.25, 0.3) is 0 Å². The van der Waals surface area contributed by atoms with Crippen molar-refractivity contribution in [2.24, 2.45) is 4.99 Å². The average molecular weight is 499 g/mol. The zero-order valence-corrected chi connectivity index (χ0v) is 19.1. The summed E-state index contributed by atoms with van der Waals surface area (Å²) in [5, 5.41) is 12.7. The van der Waals surface area contributed by atoms with E-state index in [9.17, 15) is 5.11 Å². The van der Waals surface area contributed by atoms with Gasteiger partial charge in [-0.3, -0.25) is 0 Å². The first kappa shape index (κ1) is 24.0. The lowest BCUT2D eigenvalue weighted by Gasteiger charge is -2.22. The number of guanidine groups is 1. The standard InChI is InChI=1S/C21H29N3O3.HI/c1-4-22-21(23-15-17-7-5-6-8-18(17)16-25)24(2)13-14-27-20-11-9-19(26-3)10-12-20;/h5-12,25H,4,13-16H2,1-3H3,(H,22,23);1H. The Balaban J connectivity index is 0.00000392. The number of nitrogens with one attached hydrogen (secondary N) is 1. The largest absolute Gasteiger partial charge is 0.497 e. The third kappa shape index (κ3) is 7.55. The second-order valence-electron chi connectivity index (χ2n) is 6.04. The van der Waals surface area contributed by atoms with Crippen molar-refractivity contribution in [2.45, 2.75) is 20.1 Å². The van der Waals surface area contributed by atoms with Crippen LogP contribution in [0, 0.1) is 0 Å². The molecule has 0 saturated carbocycles. The van der Waals surface area contributed by atoms with E-state index >= 15 is 0 Å². The number of aliphatic hydroxyl groups is 1. The molecule has 2 N–H and O–H groups in total. The Kier molecular flexibility index (Phi) is 11.4. The van der Waals surface area contributed by atoms with Crippen LogP contribution in [0.3, 0.4) is 0 Å². The van der Waals surface area contributed by atoms with E-state index in [0.717, 1.165) is 35.1 Å². The molecule has 7 heteroatoms. The molecule has 0 heterocycles. The Bertz CT molecular complexity index is 723. The highest BCUT2D eigenvalue weighted by molar-refractivity contribution is 14.0. The van der Waals surface area contributed by atoms with E-state index < -0.39 is 0 Å². The molecule has 0 fully saturated rings. The molecule has 0 unspecified atom stereocenters. The minimum absolute atomic E-state index is 0. The van der Waals surface area contributed by atoms with E-state index in [4.69, 9.17) is 9.47 Å². The molecule has 0 aliphatic heterocycles. The molecular formula is C21H30IN3O3. The number of likely N-dealkylation sites (N-methyl/N-ethyl adjacent to an activating group) is 1. The number of aliphatic imine (C=N–C) groups is 1. The minimum atomic E-state index is 0. The Hall–Kier alpha value is -2.00. The van der Waals surface area contributed by atoms with Gasteiger partial charge < -0.3 is 24.8 Å². The lowest BCUT2D eigenvalue weighted by atomic mass is 10.1. The van der Waals surface area contributed by atoms with Crippen LogP contribution in [-0.4, -0.2) is 49.8 Å². The third-order valence-corrected chi connectivity index (χ3v) is 4.14. The third-order valence-electron chi connectivity index (χ3n) is 4.14. The Morgan fingerprint density at radius 3 is 2.32 bits per heavy atom. The fourth-order valence-corrected chi connectivity index (χ4v) is 2.57. The van der Waals surface area contributed by atoms with Crippen molar-refractivity contribution in [2.75, 3.05) is 33.9 Å². The molecular weight excluding hydrogens is 469 g/mol. The van der Waals surface area contributed by atoms with Gasteiger partial charge in [-0.05, 0) is 42.3 Å². The predicted octanol–water partition coefficient (Wildman–Crippen LogP) is 3.28. The molecule has 0 radical (unpaired) electrons. The van der Waals surface area contributed by atoms with Crippen LogP contribution < -0.4 is 14.8 Å². The van der Waals surface area contributed by atoms with Gasteiger partial charge in [-0.2, -0.15) is 0 Å². The Labute approximate surface area is 184 Å². The molecule has 6 nitrogen and oxygen atoms in total. The van der Waals surface area contributed by atoms with E-state index in [0.29, 0.717) is 19.7 Å². The quantitative estimate of drug-likeness (QED) is 0.315. The first-order valence-corrected chi connectivity index (χ1v) is 9.11. The van der Waals surface area contributed by atoms with Crippen LogP contribution in [0.5, 0.6) is 11.5 Å². The number of benzene rings is 2. The van der Waals surface area contributed by atoms with Crippen LogP contribution in [0.25, 0.3) is 0 Å². The molecule has 0 saturated heterocycles. The van der Waals surface area contributed by atoms with Crippen LogP contribution in [-0.2, 0) is 13.2 Å². The summed E-state index contributed by atoms with van der Waals surface area (Å²) in [7, 11) is 3.63. The normalized spacial score (nSPS) is 10.8. The Morgan fingerprint density at radius 2 is 1.71 bits per heavy atom. The maximum absolute atomic E-state index is 9.45. The first-order valence-electron chi connectivity index (χ1n) is 9.11. The minimum Gasteiger partial charge on any atom is -0.497 e. The molecule has 0 amide bonds. The van der Waals surface area contributed by atoms with Crippen molar-refractivity contribution in [1.29, 1.82) is 0 Å². The van der Waals surface area contributed by atoms with Crippen molar-refractivity contribution in [3.8, 4) is 11.5 Å². The van der Waals surface area contributed by atoms with Crippen molar-refractivity contribution < 1.29 is 14.6 Å². The second-order valence-corrected chi connectivity index (χ2v) is 6.04. The number of methoxy groups -OCH3 is 1. The summed E-state index contributed by atoms with van der Waals surface area (Å²) >= 11 is 0. The van der Waals surface area contributed by atoms with Crippen LogP contribution >= 0.6 is 24.0 Å². The maximum Gasteiger partial charge on any atom is 0.194 e. The van der Waals surface area contributed by atoms with E-state index in [1.807, 2.05) is 67.4 Å². The van der Waals surface area contributed by atoms with E-state index in [2.05, 4.69) is 10.3 Å². The van der Waals surface area contributed by atoms with Gasteiger partial charge in [0.1, 0.15) is 18.1 Å². The zero-order valence-electron chi connectivity index (χ0n) is 16.7. The van der Waals surface area contributed by atoms with Gasteiger partial charge in [0.05, 0.1) is 26.8 Å². The lowest BCUT2D eigenvalue weighted by Crippen LogP contribution is -2.40. The average Bonchev–Trinajstić information content (AvgIpc) is 2.71. The fourth-order valence-electron chi connectivity index (χ4n) is 2.57. The van der Waals surface area contributed by atoms with Gasteiger partial charge in [-0.25, -0.2) is 4.99 Å². The number of ether oxygens (including phenoxy) is 2. The van der Waals surface area contributed by atoms with Gasteiger partial charge in [0.2, 0.25) is 0 Å². The van der Waals surface area contributed by atoms with E-state index in [1.165, 1.54) is 0 Å². The highest BCUT2D eigenvalue weighted by Gasteiger charge is 2.07. The topological polar surface area (TPSA) is 66.3 Å². The molecule has 0 spiro atoms. The number of hydrogen-bond acceptors (Lipinski definition) is 4. The molecule has 154 valence electrons. The summed E-state index contributed by atoms with van der Waals surface area (Å²) in [4.78, 5) is 6.73. The summed E-state index contributed by atoms with van der Waals surface area (Å²) in [5.41, 5.74) is 1.93. The highest BCUT2D eigenvalue weighted by atomic mass is 127. The van der Waals surface area contributed by atoms with Crippen LogP contribution in [0.15, 0.2) is 53.5 Å². The van der Waals surface area contributed by atoms with E-state index in [-0.39, 0.29) is 30.6 Å². The molecule has 0 aromatic heterocycles. The second kappa shape index (κ2) is 13.2. The van der Waals surface area contributed by atoms with Crippen molar-refractivity contribution in [1.82, 2.24) is 10.2 Å². The molecule has 0 aliphatic carbocycles. The monoisotopic (exact) mass is 499 g/mol. The van der Waals surface area contributed by atoms with Gasteiger partial charge in [0.15, 0.2) is 5.96 Å². The SMILES string of the molecule is CCNC(=NCc1ccccc1CO)N(C)CCOc1ccc(OC)cc1.I. The van der Waals surface area contributed by atoms with Crippen molar-refractivity contribution >= 4 is 29.9 Å². The van der Waals surface area contributed by atoms with E-state index in [1.54, 1.807) is 7.11 Å². The summed E-state index contributed by atoms with van der Waals surface area (Å²) < 4.78 is 10.9. The molecule has 0 bridgehead atoms. The summed E-state index contributed by atoms with van der Waals surface area (Å²) in [6.45, 7) is 4.60. The molecule has 2 rings (SSSR count). The summed E-state index contributed by atoms with van der Waals surface area (Å²) in [6.07, 6.45) is 0. The molecule has 0 atom stereocenters. The molecule has 0 aliphatic rings. The van der Waals surface area contributed by atoms with Gasteiger partial charge >= 0.3 is 0 Å². The molecule has 2 aromatic rings. The van der Waals surface area contributed by atoms with Crippen molar-refractivity contribution in [3.05, 3.63) is 59.7 Å². The molecule has 28 heavy (non-hydrogen) atoms. The number of hydrogen-bond donors (Lipinski definition) is 2. The number of aliphatic hydroxyl groups excluding tert-OH is 1. The van der Waals surface area contributed by atoms with Gasteiger partial charge in [-0.1, -0.05) is 24.3 Å².